The van der Waals surface area contributed by atoms with E-state index in [-0.39, 0.29) is 23.9 Å². The molecule has 1 aromatic heterocycles. The van der Waals surface area contributed by atoms with Crippen molar-refractivity contribution in [3.05, 3.63) is 86.3 Å². The number of rotatable bonds is 5. The van der Waals surface area contributed by atoms with Crippen molar-refractivity contribution in [3.63, 3.8) is 0 Å². The van der Waals surface area contributed by atoms with E-state index in [4.69, 9.17) is 0 Å². The Hall–Kier alpha value is -3.30. The molecule has 0 saturated carbocycles. The Balaban J connectivity index is 1.53. The van der Waals surface area contributed by atoms with Gasteiger partial charge in [-0.1, -0.05) is 41.7 Å². The minimum Gasteiger partial charge on any atom is -0.326 e. The Labute approximate surface area is 173 Å². The quantitative estimate of drug-likeness (QED) is 0.290. The van der Waals surface area contributed by atoms with Gasteiger partial charge in [0.25, 0.3) is 5.69 Å². The van der Waals surface area contributed by atoms with Gasteiger partial charge in [-0.05, 0) is 23.8 Å². The molecule has 29 heavy (non-hydrogen) atoms. The van der Waals surface area contributed by atoms with E-state index < -0.39 is 4.92 Å². The number of amides is 1. The fraction of sp³-hybridized carbons (Fsp3) is 0.0500. The van der Waals surface area contributed by atoms with Crippen molar-refractivity contribution in [2.75, 3.05) is 5.32 Å². The number of non-ortho nitro benzene ring substituents is 1. The van der Waals surface area contributed by atoms with Crippen LogP contribution in [0.3, 0.4) is 0 Å². The number of para-hydroxylation sites is 1. The van der Waals surface area contributed by atoms with Crippen LogP contribution in [0.5, 0.6) is 0 Å². The second-order valence-corrected chi connectivity index (χ2v) is 8.33. The summed E-state index contributed by atoms with van der Waals surface area (Å²) in [6.45, 7) is 0. The van der Waals surface area contributed by atoms with Crippen LogP contribution >= 0.6 is 23.1 Å². The van der Waals surface area contributed by atoms with Gasteiger partial charge in [0.05, 0.1) is 10.3 Å². The molecule has 1 aliphatic heterocycles. The van der Waals surface area contributed by atoms with Crippen molar-refractivity contribution in [3.8, 4) is 0 Å². The summed E-state index contributed by atoms with van der Waals surface area (Å²) in [5.74, 6) is -0.446. The van der Waals surface area contributed by atoms with Crippen molar-refractivity contribution in [1.82, 2.24) is 0 Å². The number of fused-ring (bicyclic) bond motifs is 1. The monoisotopic (exact) mass is 424 g/mol. The maximum atomic E-state index is 12.9. The average Bonchev–Trinajstić information content (AvgIpc) is 3.23. The minimum atomic E-state index is -0.472. The van der Waals surface area contributed by atoms with E-state index >= 15 is 0 Å². The molecule has 1 amide bonds. The molecule has 1 N–H and O–H groups in total. The zero-order valence-electron chi connectivity index (χ0n) is 14.9. The van der Waals surface area contributed by atoms with Gasteiger partial charge in [-0.25, -0.2) is 4.79 Å². The lowest BCUT2D eigenvalue weighted by atomic mass is 10.2. The topological polar surface area (TPSA) is 93.2 Å². The summed E-state index contributed by atoms with van der Waals surface area (Å²) >= 11 is 2.69. The number of anilines is 1. The lowest BCUT2D eigenvalue weighted by Gasteiger charge is -2.02. The molecule has 0 spiro atoms. The summed E-state index contributed by atoms with van der Waals surface area (Å²) in [5.41, 5.74) is 1.85. The number of nitrogens with one attached hydrogen (secondary N) is 1. The smallest absolute Gasteiger partial charge is 0.326 e. The number of nitro benzene ring substituents is 1. The summed E-state index contributed by atoms with van der Waals surface area (Å²) in [5, 5.41) is 15.6. The van der Waals surface area contributed by atoms with Gasteiger partial charge < -0.3 is 5.32 Å². The lowest BCUT2D eigenvalue weighted by molar-refractivity contribution is -0.607. The number of carbonyl (C=O) groups is 2. The highest BCUT2D eigenvalue weighted by molar-refractivity contribution is 8.05. The summed E-state index contributed by atoms with van der Waals surface area (Å²) in [4.78, 5) is 36.1. The van der Waals surface area contributed by atoms with Crippen molar-refractivity contribution in [2.24, 2.45) is 0 Å². The zero-order valence-corrected chi connectivity index (χ0v) is 16.5. The van der Waals surface area contributed by atoms with E-state index in [2.05, 4.69) is 5.32 Å². The Kier molecular flexibility index (Phi) is 5.24. The first-order valence-corrected chi connectivity index (χ1v) is 10.3. The molecular weight excluding hydrogens is 410 g/mol. The third kappa shape index (κ3) is 4.10. The van der Waals surface area contributed by atoms with Gasteiger partial charge in [-0.15, -0.1) is 4.57 Å². The fourth-order valence-corrected chi connectivity index (χ4v) is 5.05. The van der Waals surface area contributed by atoms with E-state index in [0.29, 0.717) is 21.8 Å². The molecule has 4 rings (SSSR count). The van der Waals surface area contributed by atoms with Crippen LogP contribution < -0.4 is 9.88 Å². The Morgan fingerprint density at radius 1 is 1.17 bits per heavy atom. The summed E-state index contributed by atoms with van der Waals surface area (Å²) in [6.07, 6.45) is 1.70. The third-order valence-corrected chi connectivity index (χ3v) is 6.34. The normalized spacial score (nSPS) is 14.1. The molecule has 0 unspecified atom stereocenters. The first kappa shape index (κ1) is 19.0. The Morgan fingerprint density at radius 3 is 2.72 bits per heavy atom. The predicted octanol–water partition coefficient (Wildman–Crippen LogP) is 3.91. The van der Waals surface area contributed by atoms with Crippen LogP contribution in [-0.4, -0.2) is 16.7 Å². The van der Waals surface area contributed by atoms with Gasteiger partial charge in [0.15, 0.2) is 0 Å². The van der Waals surface area contributed by atoms with Crippen LogP contribution in [-0.2, 0) is 11.2 Å². The highest BCUT2D eigenvalue weighted by Crippen LogP contribution is 2.36. The molecule has 144 valence electrons. The molecule has 2 heterocycles. The molecule has 0 atom stereocenters. The Morgan fingerprint density at radius 2 is 1.97 bits per heavy atom. The van der Waals surface area contributed by atoms with E-state index in [0.717, 1.165) is 4.34 Å². The molecule has 0 aliphatic carbocycles. The van der Waals surface area contributed by atoms with Crippen LogP contribution in [0, 0.1) is 10.1 Å². The summed E-state index contributed by atoms with van der Waals surface area (Å²) in [6, 6.07) is 15.2. The van der Waals surface area contributed by atoms with Gasteiger partial charge in [0.1, 0.15) is 11.3 Å². The molecular formula is C20H14N3O4S2+. The van der Waals surface area contributed by atoms with Crippen molar-refractivity contribution in [1.29, 1.82) is 0 Å². The van der Waals surface area contributed by atoms with Crippen molar-refractivity contribution >= 4 is 52.4 Å². The molecule has 0 bridgehead atoms. The number of carbonyl (C=O) groups excluding carboxylic acids is 2. The second kappa shape index (κ2) is 7.98. The lowest BCUT2D eigenvalue weighted by Crippen LogP contribution is -2.43. The van der Waals surface area contributed by atoms with Gasteiger partial charge in [0.2, 0.25) is 11.6 Å². The SMILES string of the molecule is O=C(Cc1csc2[n+]1C(=O)/C(=C/c1cccc([N+](=O)[O-])c1)S2)Nc1ccccc1. The highest BCUT2D eigenvalue weighted by atomic mass is 32.2. The number of nitrogens with zero attached hydrogens (tertiary/aromatic N) is 2. The fourth-order valence-electron chi connectivity index (χ4n) is 2.85. The number of thiazole rings is 1. The number of nitro groups is 1. The van der Waals surface area contributed by atoms with Gasteiger partial charge in [0, 0.05) is 29.6 Å². The first-order chi connectivity index (χ1) is 14.0. The van der Waals surface area contributed by atoms with E-state index in [9.17, 15) is 19.7 Å². The Bertz CT molecular complexity index is 1160. The van der Waals surface area contributed by atoms with Gasteiger partial charge in [-0.3, -0.25) is 14.9 Å². The second-order valence-electron chi connectivity index (χ2n) is 6.19. The number of allylic oxidation sites excluding steroid dienone is 1. The first-order valence-electron chi connectivity index (χ1n) is 8.57. The largest absolute Gasteiger partial charge is 0.433 e. The molecule has 1 aliphatic rings. The summed E-state index contributed by atoms with van der Waals surface area (Å²) in [7, 11) is 0. The number of benzene rings is 2. The molecule has 2 aromatic carbocycles. The van der Waals surface area contributed by atoms with E-state index in [1.807, 2.05) is 18.2 Å². The van der Waals surface area contributed by atoms with Crippen LogP contribution in [0.2, 0.25) is 0 Å². The molecule has 0 saturated heterocycles. The number of hydrogen-bond acceptors (Lipinski definition) is 6. The zero-order chi connectivity index (χ0) is 20.4. The van der Waals surface area contributed by atoms with Gasteiger partial charge >= 0.3 is 10.2 Å². The molecule has 7 nitrogen and oxygen atoms in total. The van der Waals surface area contributed by atoms with Crippen LogP contribution in [0.1, 0.15) is 16.1 Å². The van der Waals surface area contributed by atoms with Crippen molar-refractivity contribution < 1.29 is 19.1 Å². The molecule has 0 radical (unpaired) electrons. The van der Waals surface area contributed by atoms with Crippen molar-refractivity contribution in [2.45, 2.75) is 10.8 Å². The van der Waals surface area contributed by atoms with Crippen LogP contribution in [0.25, 0.3) is 6.08 Å². The van der Waals surface area contributed by atoms with E-state index in [1.165, 1.54) is 39.8 Å². The number of aromatic nitrogens is 1. The third-order valence-electron chi connectivity index (χ3n) is 4.15. The molecule has 3 aromatic rings. The minimum absolute atomic E-state index is 0.0320. The standard InChI is InChI=1S/C20H13N3O4S2/c24-18(21-14-6-2-1-3-7-14)11-16-12-28-20-22(16)19(25)17(29-20)10-13-5-4-8-15(9-13)23(26)27/h1-10,12H,11H2/p+1/b17-10-. The van der Waals surface area contributed by atoms with E-state index in [1.54, 1.807) is 35.7 Å². The maximum absolute atomic E-state index is 12.9. The maximum Gasteiger partial charge on any atom is 0.433 e. The average molecular weight is 424 g/mol. The predicted molar refractivity (Wildman–Crippen MR) is 111 cm³/mol. The van der Waals surface area contributed by atoms with Crippen LogP contribution in [0.4, 0.5) is 11.4 Å². The summed E-state index contributed by atoms with van der Waals surface area (Å²) < 4.78 is 2.29. The molecule has 9 heteroatoms. The highest BCUT2D eigenvalue weighted by Gasteiger charge is 2.40. The van der Waals surface area contributed by atoms with Crippen LogP contribution in [0.15, 0.2) is 69.2 Å². The van der Waals surface area contributed by atoms with Gasteiger partial charge in [-0.2, -0.15) is 0 Å². The number of thioether (sulfide) groups is 1. The number of hydrogen-bond donors (Lipinski definition) is 1. The molecule has 0 fully saturated rings.